The number of alkyl halides is 2. The standard InChI is InChI=1S/C9H16F2N4O2/c1-17-6-2-3-15(4-9(6,10)11)8(16)7-12-5-13-14-7/h6-7,12-14H,2-5H2,1H3/t6-,7?/m0/s1. The van der Waals surface area contributed by atoms with E-state index in [1.165, 1.54) is 7.11 Å². The summed E-state index contributed by atoms with van der Waals surface area (Å²) in [4.78, 5) is 13.0. The van der Waals surface area contributed by atoms with E-state index in [1.807, 2.05) is 0 Å². The minimum Gasteiger partial charge on any atom is -0.375 e. The fourth-order valence-electron chi connectivity index (χ4n) is 2.09. The maximum absolute atomic E-state index is 13.6. The van der Waals surface area contributed by atoms with Gasteiger partial charge >= 0.3 is 0 Å². The first-order valence-corrected chi connectivity index (χ1v) is 5.46. The van der Waals surface area contributed by atoms with Gasteiger partial charge in [0.25, 0.3) is 11.8 Å². The molecule has 0 radical (unpaired) electrons. The SMILES string of the molecule is CO[C@H]1CCN(C(=O)C2NCNN2)CC1(F)F. The van der Waals surface area contributed by atoms with E-state index in [2.05, 4.69) is 16.2 Å². The molecule has 0 spiro atoms. The Morgan fingerprint density at radius 1 is 1.53 bits per heavy atom. The highest BCUT2D eigenvalue weighted by Gasteiger charge is 2.47. The van der Waals surface area contributed by atoms with Crippen LogP contribution in [0.25, 0.3) is 0 Å². The van der Waals surface area contributed by atoms with Crippen LogP contribution in [-0.4, -0.2) is 55.9 Å². The number of piperidine rings is 1. The van der Waals surface area contributed by atoms with Gasteiger partial charge in [0.2, 0.25) is 0 Å². The van der Waals surface area contributed by atoms with Gasteiger partial charge in [-0.15, -0.1) is 0 Å². The van der Waals surface area contributed by atoms with Gasteiger partial charge in [-0.1, -0.05) is 0 Å². The highest BCUT2D eigenvalue weighted by atomic mass is 19.3. The molecule has 1 amide bonds. The third kappa shape index (κ3) is 2.54. The maximum atomic E-state index is 13.6. The molecule has 17 heavy (non-hydrogen) atoms. The summed E-state index contributed by atoms with van der Waals surface area (Å²) in [7, 11) is 1.26. The lowest BCUT2D eigenvalue weighted by Crippen LogP contribution is -2.58. The molecule has 2 atom stereocenters. The van der Waals surface area contributed by atoms with Gasteiger partial charge in [-0.2, -0.15) is 0 Å². The number of hydrazine groups is 1. The predicted molar refractivity (Wildman–Crippen MR) is 55.0 cm³/mol. The van der Waals surface area contributed by atoms with Crippen molar-refractivity contribution in [2.24, 2.45) is 0 Å². The number of halogens is 2. The van der Waals surface area contributed by atoms with E-state index >= 15 is 0 Å². The van der Waals surface area contributed by atoms with Crippen LogP contribution in [0.15, 0.2) is 0 Å². The molecule has 2 aliphatic rings. The topological polar surface area (TPSA) is 65.6 Å². The van der Waals surface area contributed by atoms with Crippen LogP contribution in [0.1, 0.15) is 6.42 Å². The summed E-state index contributed by atoms with van der Waals surface area (Å²) < 4.78 is 31.9. The van der Waals surface area contributed by atoms with Crippen LogP contribution in [0, 0.1) is 0 Å². The van der Waals surface area contributed by atoms with Gasteiger partial charge < -0.3 is 9.64 Å². The highest BCUT2D eigenvalue weighted by Crippen LogP contribution is 2.29. The van der Waals surface area contributed by atoms with Crippen molar-refractivity contribution < 1.29 is 18.3 Å². The van der Waals surface area contributed by atoms with Gasteiger partial charge in [0.1, 0.15) is 6.10 Å². The normalized spacial score (nSPS) is 32.8. The molecule has 2 heterocycles. The van der Waals surface area contributed by atoms with Crippen LogP contribution >= 0.6 is 0 Å². The van der Waals surface area contributed by atoms with Crippen LogP contribution in [0.5, 0.6) is 0 Å². The fraction of sp³-hybridized carbons (Fsp3) is 0.889. The molecule has 0 saturated carbocycles. The average molecular weight is 250 g/mol. The molecular weight excluding hydrogens is 234 g/mol. The van der Waals surface area contributed by atoms with Gasteiger partial charge in [-0.3, -0.25) is 10.1 Å². The zero-order chi connectivity index (χ0) is 12.5. The molecule has 1 unspecified atom stereocenters. The monoisotopic (exact) mass is 250 g/mol. The van der Waals surface area contributed by atoms with Gasteiger partial charge in [0, 0.05) is 13.7 Å². The highest BCUT2D eigenvalue weighted by molar-refractivity contribution is 5.81. The Hall–Kier alpha value is -0.830. The summed E-state index contributed by atoms with van der Waals surface area (Å²) in [6.07, 6.45) is -1.59. The first kappa shape index (κ1) is 12.6. The molecule has 0 aromatic rings. The first-order chi connectivity index (χ1) is 8.04. The number of nitrogens with one attached hydrogen (secondary N) is 3. The Bertz CT molecular complexity index is 297. The molecule has 6 nitrogen and oxygen atoms in total. The molecule has 0 bridgehead atoms. The number of amides is 1. The van der Waals surface area contributed by atoms with Crippen molar-refractivity contribution in [3.05, 3.63) is 0 Å². The van der Waals surface area contributed by atoms with E-state index in [1.54, 1.807) is 0 Å². The third-order valence-corrected chi connectivity index (χ3v) is 3.02. The Kier molecular flexibility index (Phi) is 3.57. The maximum Gasteiger partial charge on any atom is 0.290 e. The lowest BCUT2D eigenvalue weighted by molar-refractivity contribution is -0.173. The van der Waals surface area contributed by atoms with Crippen LogP contribution in [0.4, 0.5) is 8.78 Å². The van der Waals surface area contributed by atoms with E-state index in [-0.39, 0.29) is 18.9 Å². The minimum absolute atomic E-state index is 0.148. The van der Waals surface area contributed by atoms with Crippen molar-refractivity contribution in [3.63, 3.8) is 0 Å². The van der Waals surface area contributed by atoms with Crippen molar-refractivity contribution in [1.82, 2.24) is 21.1 Å². The summed E-state index contributed by atoms with van der Waals surface area (Å²) in [6, 6.07) is 0. The Labute approximate surface area is 97.6 Å². The van der Waals surface area contributed by atoms with E-state index in [9.17, 15) is 13.6 Å². The van der Waals surface area contributed by atoms with Crippen LogP contribution < -0.4 is 16.2 Å². The molecule has 3 N–H and O–H groups in total. The second kappa shape index (κ2) is 4.81. The quantitative estimate of drug-likeness (QED) is 0.577. The lowest BCUT2D eigenvalue weighted by atomic mass is 10.0. The van der Waals surface area contributed by atoms with E-state index < -0.39 is 24.7 Å². The van der Waals surface area contributed by atoms with Crippen molar-refractivity contribution in [1.29, 1.82) is 0 Å². The summed E-state index contributed by atoms with van der Waals surface area (Å²) >= 11 is 0. The second-order valence-corrected chi connectivity index (χ2v) is 4.17. The zero-order valence-corrected chi connectivity index (χ0v) is 9.50. The number of nitrogens with zero attached hydrogens (tertiary/aromatic N) is 1. The number of carbonyl (C=O) groups excluding carboxylic acids is 1. The number of hydrogen-bond acceptors (Lipinski definition) is 5. The summed E-state index contributed by atoms with van der Waals surface area (Å²) in [5, 5.41) is 2.82. The molecule has 0 aliphatic carbocycles. The molecule has 2 fully saturated rings. The summed E-state index contributed by atoms with van der Waals surface area (Å²) in [5.41, 5.74) is 5.39. The van der Waals surface area contributed by atoms with E-state index in [0.717, 1.165) is 4.90 Å². The van der Waals surface area contributed by atoms with Gasteiger partial charge in [-0.25, -0.2) is 19.6 Å². The van der Waals surface area contributed by atoms with E-state index in [0.29, 0.717) is 6.67 Å². The first-order valence-electron chi connectivity index (χ1n) is 5.46. The third-order valence-electron chi connectivity index (χ3n) is 3.02. The zero-order valence-electron chi connectivity index (χ0n) is 9.50. The van der Waals surface area contributed by atoms with Gasteiger partial charge in [-0.05, 0) is 6.42 Å². The Balaban J connectivity index is 1.97. The largest absolute Gasteiger partial charge is 0.375 e. The summed E-state index contributed by atoms with van der Waals surface area (Å²) in [6.45, 7) is 0.123. The molecule has 0 aromatic heterocycles. The number of carbonyl (C=O) groups is 1. The van der Waals surface area contributed by atoms with Crippen molar-refractivity contribution >= 4 is 5.91 Å². The number of likely N-dealkylation sites (tertiary alicyclic amines) is 1. The molecule has 8 heteroatoms. The molecular formula is C9H16F2N4O2. The number of ether oxygens (including phenoxy) is 1. The summed E-state index contributed by atoms with van der Waals surface area (Å²) in [5.74, 6) is -3.36. The average Bonchev–Trinajstić information content (AvgIpc) is 2.80. The van der Waals surface area contributed by atoms with Crippen LogP contribution in [-0.2, 0) is 9.53 Å². The molecule has 0 aromatic carbocycles. The minimum atomic E-state index is -2.99. The Morgan fingerprint density at radius 2 is 2.29 bits per heavy atom. The lowest BCUT2D eigenvalue weighted by Gasteiger charge is -2.38. The second-order valence-electron chi connectivity index (χ2n) is 4.17. The predicted octanol–water partition coefficient (Wildman–Crippen LogP) is -1.15. The molecule has 2 aliphatic heterocycles. The molecule has 2 saturated heterocycles. The fourth-order valence-corrected chi connectivity index (χ4v) is 2.09. The number of rotatable bonds is 2. The van der Waals surface area contributed by atoms with Crippen molar-refractivity contribution in [2.45, 2.75) is 24.6 Å². The van der Waals surface area contributed by atoms with Crippen LogP contribution in [0.2, 0.25) is 0 Å². The molecule has 2 rings (SSSR count). The van der Waals surface area contributed by atoms with Gasteiger partial charge in [0.15, 0.2) is 6.17 Å². The smallest absolute Gasteiger partial charge is 0.290 e. The van der Waals surface area contributed by atoms with Crippen molar-refractivity contribution in [3.8, 4) is 0 Å². The van der Waals surface area contributed by atoms with E-state index in [4.69, 9.17) is 4.74 Å². The van der Waals surface area contributed by atoms with Crippen LogP contribution in [0.3, 0.4) is 0 Å². The Morgan fingerprint density at radius 3 is 2.82 bits per heavy atom. The number of methoxy groups -OCH3 is 1. The molecule has 98 valence electrons. The van der Waals surface area contributed by atoms with Gasteiger partial charge in [0.05, 0.1) is 13.2 Å². The number of hydrogen-bond donors (Lipinski definition) is 3. The van der Waals surface area contributed by atoms with Crippen molar-refractivity contribution in [2.75, 3.05) is 26.9 Å².